The Bertz CT molecular complexity index is 1130. The monoisotopic (exact) mass is 404 g/mol. The summed E-state index contributed by atoms with van der Waals surface area (Å²) in [5.74, 6) is 0.785. The van der Waals surface area contributed by atoms with Crippen molar-refractivity contribution in [3.8, 4) is 0 Å². The van der Waals surface area contributed by atoms with Crippen molar-refractivity contribution in [2.75, 3.05) is 23.4 Å². The highest BCUT2D eigenvalue weighted by atomic mass is 16.5. The number of ether oxygens (including phenoxy) is 1. The number of aromatic nitrogens is 2. The van der Waals surface area contributed by atoms with Gasteiger partial charge >= 0.3 is 0 Å². The lowest BCUT2D eigenvalue weighted by atomic mass is 10.1. The number of hydrogen-bond donors (Lipinski definition) is 2. The first-order chi connectivity index (χ1) is 14.6. The second kappa shape index (κ2) is 7.57. The number of benzene rings is 2. The molecule has 0 bridgehead atoms. The second-order valence-electron chi connectivity index (χ2n) is 7.80. The minimum atomic E-state index is -0.170. The van der Waals surface area contributed by atoms with Crippen LogP contribution in [-0.2, 0) is 16.0 Å². The number of carbonyl (C=O) groups excluding carboxylic acids is 2. The molecule has 0 aliphatic carbocycles. The smallest absolute Gasteiger partial charge is 0.255 e. The molecule has 7 heteroatoms. The third-order valence-electron chi connectivity index (χ3n) is 5.83. The van der Waals surface area contributed by atoms with Crippen molar-refractivity contribution in [2.45, 2.75) is 38.7 Å². The Morgan fingerprint density at radius 2 is 2.17 bits per heavy atom. The number of amides is 2. The van der Waals surface area contributed by atoms with Crippen LogP contribution in [0.15, 0.2) is 36.4 Å². The molecule has 2 N–H and O–H groups in total. The van der Waals surface area contributed by atoms with Gasteiger partial charge in [-0.15, -0.1) is 0 Å². The lowest BCUT2D eigenvalue weighted by Gasteiger charge is -2.16. The van der Waals surface area contributed by atoms with E-state index in [0.717, 1.165) is 54.0 Å². The van der Waals surface area contributed by atoms with Gasteiger partial charge in [-0.2, -0.15) is 0 Å². The first-order valence-electron chi connectivity index (χ1n) is 10.5. The second-order valence-corrected chi connectivity index (χ2v) is 7.80. The molecule has 0 saturated carbocycles. The van der Waals surface area contributed by atoms with E-state index in [9.17, 15) is 9.59 Å². The van der Waals surface area contributed by atoms with Crippen LogP contribution in [0.25, 0.3) is 11.0 Å². The van der Waals surface area contributed by atoms with E-state index in [1.165, 1.54) is 0 Å². The number of anilines is 2. The van der Waals surface area contributed by atoms with Crippen molar-refractivity contribution < 1.29 is 14.3 Å². The molecule has 5 rings (SSSR count). The lowest BCUT2D eigenvalue weighted by molar-refractivity contribution is -0.118. The summed E-state index contributed by atoms with van der Waals surface area (Å²) in [5.41, 5.74) is 4.98. The van der Waals surface area contributed by atoms with Gasteiger partial charge in [0, 0.05) is 36.5 Å². The molecule has 3 aromatic rings. The minimum absolute atomic E-state index is 0.0287. The maximum atomic E-state index is 12.8. The molecule has 1 aromatic heterocycles. The lowest BCUT2D eigenvalue weighted by Crippen LogP contribution is -2.27. The predicted octanol–water partition coefficient (Wildman–Crippen LogP) is 3.97. The minimum Gasteiger partial charge on any atom is -0.370 e. The Labute approximate surface area is 174 Å². The quantitative estimate of drug-likeness (QED) is 0.689. The molecule has 2 aromatic carbocycles. The molecule has 30 heavy (non-hydrogen) atoms. The van der Waals surface area contributed by atoms with Gasteiger partial charge in [0.2, 0.25) is 5.91 Å². The van der Waals surface area contributed by atoms with Gasteiger partial charge in [-0.1, -0.05) is 6.92 Å². The van der Waals surface area contributed by atoms with Crippen molar-refractivity contribution in [2.24, 2.45) is 0 Å². The summed E-state index contributed by atoms with van der Waals surface area (Å²) >= 11 is 0. The summed E-state index contributed by atoms with van der Waals surface area (Å²) in [6.45, 7) is 3.31. The number of carbonyl (C=O) groups is 2. The molecule has 3 heterocycles. The highest BCUT2D eigenvalue weighted by molar-refractivity contribution is 6.06. The molecule has 2 aliphatic heterocycles. The maximum absolute atomic E-state index is 12.8. The van der Waals surface area contributed by atoms with Crippen molar-refractivity contribution in [3.05, 3.63) is 53.3 Å². The average Bonchev–Trinajstić information content (AvgIpc) is 3.51. The zero-order valence-electron chi connectivity index (χ0n) is 16.9. The Morgan fingerprint density at radius 1 is 1.27 bits per heavy atom. The molecule has 1 atom stereocenters. The fourth-order valence-electron chi connectivity index (χ4n) is 4.25. The zero-order chi connectivity index (χ0) is 20.7. The molecular weight excluding hydrogens is 380 g/mol. The standard InChI is InChI=1S/C23H24N4O3/c1-2-21(28)27-10-9-14-12-15(5-8-19(14)27)23(29)24-16-6-7-17-18(13-16)26-22(25-17)20-4-3-11-30-20/h5-8,12-13,20H,2-4,9-11H2,1H3,(H,24,29)(H,25,26). The van der Waals surface area contributed by atoms with E-state index in [4.69, 9.17) is 4.74 Å². The van der Waals surface area contributed by atoms with E-state index in [1.54, 1.807) is 11.0 Å². The molecule has 0 spiro atoms. The highest BCUT2D eigenvalue weighted by Gasteiger charge is 2.24. The number of aromatic amines is 1. The summed E-state index contributed by atoms with van der Waals surface area (Å²) in [5, 5.41) is 2.97. The van der Waals surface area contributed by atoms with Crippen LogP contribution in [0, 0.1) is 0 Å². The number of H-pyrrole nitrogens is 1. The number of nitrogens with zero attached hydrogens (tertiary/aromatic N) is 2. The Balaban J connectivity index is 1.34. The average molecular weight is 404 g/mol. The highest BCUT2D eigenvalue weighted by Crippen LogP contribution is 2.31. The normalized spacial score (nSPS) is 18.0. The van der Waals surface area contributed by atoms with E-state index >= 15 is 0 Å². The molecular formula is C23H24N4O3. The van der Waals surface area contributed by atoms with Crippen LogP contribution < -0.4 is 10.2 Å². The first-order valence-corrected chi connectivity index (χ1v) is 10.5. The first kappa shape index (κ1) is 18.8. The van der Waals surface area contributed by atoms with E-state index in [-0.39, 0.29) is 17.9 Å². The molecule has 1 fully saturated rings. The fourth-order valence-corrected chi connectivity index (χ4v) is 4.25. The maximum Gasteiger partial charge on any atom is 0.255 e. The molecule has 2 amide bonds. The molecule has 7 nitrogen and oxygen atoms in total. The van der Waals surface area contributed by atoms with Crippen LogP contribution >= 0.6 is 0 Å². The number of hydrogen-bond acceptors (Lipinski definition) is 4. The van der Waals surface area contributed by atoms with E-state index in [0.29, 0.717) is 24.2 Å². The summed E-state index contributed by atoms with van der Waals surface area (Å²) < 4.78 is 5.70. The van der Waals surface area contributed by atoms with Crippen LogP contribution in [0.1, 0.15) is 54.0 Å². The van der Waals surface area contributed by atoms with Gasteiger partial charge in [0.05, 0.1) is 11.0 Å². The van der Waals surface area contributed by atoms with Crippen molar-refractivity contribution in [1.29, 1.82) is 0 Å². The zero-order valence-corrected chi connectivity index (χ0v) is 16.9. The fraction of sp³-hybridized carbons (Fsp3) is 0.348. The van der Waals surface area contributed by atoms with Crippen molar-refractivity contribution in [1.82, 2.24) is 9.97 Å². The SMILES string of the molecule is CCC(=O)N1CCc2cc(C(=O)Nc3ccc4nc(C5CCCO5)[nH]c4c3)ccc21. The summed E-state index contributed by atoms with van der Waals surface area (Å²) in [6, 6.07) is 11.2. The third kappa shape index (κ3) is 3.35. The van der Waals surface area contributed by atoms with E-state index < -0.39 is 0 Å². The van der Waals surface area contributed by atoms with E-state index in [2.05, 4.69) is 15.3 Å². The molecule has 0 radical (unpaired) electrons. The summed E-state index contributed by atoms with van der Waals surface area (Å²) in [6.07, 6.45) is 3.30. The van der Waals surface area contributed by atoms with Gasteiger partial charge in [-0.25, -0.2) is 4.98 Å². The van der Waals surface area contributed by atoms with Crippen LogP contribution in [0.2, 0.25) is 0 Å². The molecule has 2 aliphatic rings. The van der Waals surface area contributed by atoms with Gasteiger partial charge in [-0.3, -0.25) is 9.59 Å². The van der Waals surface area contributed by atoms with Gasteiger partial charge in [0.15, 0.2) is 0 Å². The van der Waals surface area contributed by atoms with E-state index in [1.807, 2.05) is 37.3 Å². The van der Waals surface area contributed by atoms with Gasteiger partial charge in [0.1, 0.15) is 11.9 Å². The van der Waals surface area contributed by atoms with Crippen molar-refractivity contribution >= 4 is 34.2 Å². The predicted molar refractivity (Wildman–Crippen MR) is 115 cm³/mol. The molecule has 1 unspecified atom stereocenters. The Hall–Kier alpha value is -3.19. The van der Waals surface area contributed by atoms with Crippen LogP contribution in [0.4, 0.5) is 11.4 Å². The van der Waals surface area contributed by atoms with Crippen LogP contribution in [0.5, 0.6) is 0 Å². The topological polar surface area (TPSA) is 87.3 Å². The van der Waals surface area contributed by atoms with Gasteiger partial charge < -0.3 is 19.9 Å². The number of nitrogens with one attached hydrogen (secondary N) is 2. The molecule has 1 saturated heterocycles. The number of rotatable bonds is 4. The Kier molecular flexibility index (Phi) is 4.75. The number of imidazole rings is 1. The van der Waals surface area contributed by atoms with Crippen LogP contribution in [0.3, 0.4) is 0 Å². The summed E-state index contributed by atoms with van der Waals surface area (Å²) in [4.78, 5) is 34.6. The molecule has 154 valence electrons. The van der Waals surface area contributed by atoms with Crippen LogP contribution in [-0.4, -0.2) is 34.9 Å². The summed E-state index contributed by atoms with van der Waals surface area (Å²) in [7, 11) is 0. The Morgan fingerprint density at radius 3 is 2.97 bits per heavy atom. The van der Waals surface area contributed by atoms with Crippen molar-refractivity contribution in [3.63, 3.8) is 0 Å². The number of fused-ring (bicyclic) bond motifs is 2. The van der Waals surface area contributed by atoms with Gasteiger partial charge in [0.25, 0.3) is 5.91 Å². The largest absolute Gasteiger partial charge is 0.370 e. The third-order valence-corrected chi connectivity index (χ3v) is 5.83. The van der Waals surface area contributed by atoms with Gasteiger partial charge in [-0.05, 0) is 61.2 Å².